The van der Waals surface area contributed by atoms with Crippen molar-refractivity contribution in [1.29, 1.82) is 0 Å². The molecule has 0 atom stereocenters. The van der Waals surface area contributed by atoms with Crippen LogP contribution in [-0.2, 0) is 6.54 Å². The van der Waals surface area contributed by atoms with Gasteiger partial charge in [0.25, 0.3) is 0 Å². The van der Waals surface area contributed by atoms with Crippen LogP contribution in [-0.4, -0.2) is 19.7 Å². The molecule has 0 saturated heterocycles. The number of aromatic nitrogens is 4. The van der Waals surface area contributed by atoms with Crippen LogP contribution in [0.5, 0.6) is 0 Å². The van der Waals surface area contributed by atoms with Gasteiger partial charge in [0.2, 0.25) is 0 Å². The molecule has 6 heteroatoms. The number of rotatable bonds is 4. The fraction of sp³-hybridized carbons (Fsp3) is 0.188. The molecule has 0 aliphatic rings. The lowest BCUT2D eigenvalue weighted by atomic mass is 10.2. The highest BCUT2D eigenvalue weighted by Gasteiger charge is 2.12. The Labute approximate surface area is 127 Å². The van der Waals surface area contributed by atoms with Gasteiger partial charge in [-0.25, -0.2) is 14.1 Å². The summed E-state index contributed by atoms with van der Waals surface area (Å²) in [5, 5.41) is 7.77. The molecule has 1 aromatic carbocycles. The van der Waals surface area contributed by atoms with Gasteiger partial charge in [0, 0.05) is 30.2 Å². The molecule has 1 N–H and O–H groups in total. The lowest BCUT2D eigenvalue weighted by Crippen LogP contribution is -2.04. The summed E-state index contributed by atoms with van der Waals surface area (Å²) in [7, 11) is 0. The number of benzene rings is 1. The van der Waals surface area contributed by atoms with Crippen molar-refractivity contribution in [3.05, 3.63) is 65.6 Å². The van der Waals surface area contributed by atoms with Gasteiger partial charge in [0.1, 0.15) is 11.6 Å². The van der Waals surface area contributed by atoms with E-state index in [1.165, 1.54) is 12.1 Å². The first-order valence-corrected chi connectivity index (χ1v) is 6.96. The summed E-state index contributed by atoms with van der Waals surface area (Å²) in [5.41, 5.74) is 3.88. The van der Waals surface area contributed by atoms with Crippen LogP contribution in [0.3, 0.4) is 0 Å². The van der Waals surface area contributed by atoms with Crippen molar-refractivity contribution < 1.29 is 4.39 Å². The Hall–Kier alpha value is -2.76. The number of halogens is 1. The maximum atomic E-state index is 13.0. The Morgan fingerprint density at radius 3 is 2.59 bits per heavy atom. The van der Waals surface area contributed by atoms with Gasteiger partial charge in [-0.3, -0.25) is 4.98 Å². The average molecular weight is 297 g/mol. The molecule has 0 fully saturated rings. The Kier molecular flexibility index (Phi) is 3.82. The van der Waals surface area contributed by atoms with Crippen LogP contribution in [0.1, 0.15) is 17.0 Å². The number of nitrogens with zero attached hydrogens (tertiary/aromatic N) is 4. The van der Waals surface area contributed by atoms with Gasteiger partial charge in [-0.2, -0.15) is 5.10 Å². The summed E-state index contributed by atoms with van der Waals surface area (Å²) in [6.07, 6.45) is 4.95. The first-order chi connectivity index (χ1) is 10.6. The second-order valence-corrected chi connectivity index (χ2v) is 4.98. The largest absolute Gasteiger partial charge is 0.365 e. The molecular weight excluding hydrogens is 281 g/mol. The Morgan fingerprint density at radius 2 is 1.91 bits per heavy atom. The third kappa shape index (κ3) is 2.81. The molecule has 0 aliphatic carbocycles. The van der Waals surface area contributed by atoms with E-state index in [0.29, 0.717) is 6.54 Å². The second-order valence-electron chi connectivity index (χ2n) is 4.98. The van der Waals surface area contributed by atoms with Crippen LogP contribution in [0.25, 0.3) is 5.69 Å². The molecule has 0 spiro atoms. The Balaban J connectivity index is 1.85. The van der Waals surface area contributed by atoms with E-state index in [9.17, 15) is 4.39 Å². The van der Waals surface area contributed by atoms with E-state index in [0.717, 1.165) is 28.5 Å². The molecule has 0 amide bonds. The topological polar surface area (TPSA) is 55.6 Å². The van der Waals surface area contributed by atoms with Crippen LogP contribution in [0.2, 0.25) is 0 Å². The third-order valence-electron chi connectivity index (χ3n) is 3.52. The smallest absolute Gasteiger partial charge is 0.144 e. The molecule has 3 rings (SSSR count). The minimum atomic E-state index is -0.255. The van der Waals surface area contributed by atoms with Crippen molar-refractivity contribution in [3.8, 4) is 5.69 Å². The maximum absolute atomic E-state index is 13.0. The molecule has 3 aromatic rings. The predicted octanol–water partition coefficient (Wildman–Crippen LogP) is 3.03. The Morgan fingerprint density at radius 1 is 1.14 bits per heavy atom. The van der Waals surface area contributed by atoms with Gasteiger partial charge in [-0.15, -0.1) is 0 Å². The van der Waals surface area contributed by atoms with Crippen LogP contribution in [0.15, 0.2) is 42.9 Å². The van der Waals surface area contributed by atoms with Gasteiger partial charge in [-0.1, -0.05) is 0 Å². The zero-order chi connectivity index (χ0) is 15.5. The second kappa shape index (κ2) is 5.93. The molecular formula is C16H16FN5. The SMILES string of the molecule is Cc1nn(-c2ccc(F)cc2)c(C)c1CNc1cnccn1. The molecule has 22 heavy (non-hydrogen) atoms. The number of aryl methyl sites for hydroxylation is 1. The fourth-order valence-corrected chi connectivity index (χ4v) is 2.33. The van der Waals surface area contributed by atoms with E-state index in [1.807, 2.05) is 18.5 Å². The van der Waals surface area contributed by atoms with Crippen LogP contribution in [0, 0.1) is 19.7 Å². The normalized spacial score (nSPS) is 10.7. The summed E-state index contributed by atoms with van der Waals surface area (Å²) in [4.78, 5) is 8.21. The summed E-state index contributed by atoms with van der Waals surface area (Å²) in [6.45, 7) is 4.56. The van der Waals surface area contributed by atoms with Gasteiger partial charge < -0.3 is 5.32 Å². The highest BCUT2D eigenvalue weighted by atomic mass is 19.1. The minimum Gasteiger partial charge on any atom is -0.365 e. The minimum absolute atomic E-state index is 0.255. The van der Waals surface area contributed by atoms with Crippen LogP contribution >= 0.6 is 0 Å². The molecule has 0 aliphatic heterocycles. The van der Waals surface area contributed by atoms with Gasteiger partial charge in [0.15, 0.2) is 0 Å². The third-order valence-corrected chi connectivity index (χ3v) is 3.52. The average Bonchev–Trinajstić information content (AvgIpc) is 2.82. The van der Waals surface area contributed by atoms with E-state index in [2.05, 4.69) is 20.4 Å². The summed E-state index contributed by atoms with van der Waals surface area (Å²) < 4.78 is 14.9. The van der Waals surface area contributed by atoms with Crippen LogP contribution in [0.4, 0.5) is 10.2 Å². The fourth-order valence-electron chi connectivity index (χ4n) is 2.33. The standard InChI is InChI=1S/C16H16FN5/c1-11-15(9-20-16-10-18-7-8-19-16)12(2)22(21-11)14-5-3-13(17)4-6-14/h3-8,10H,9H2,1-2H3,(H,19,20). The predicted molar refractivity (Wildman–Crippen MR) is 82.4 cm³/mol. The quantitative estimate of drug-likeness (QED) is 0.804. The highest BCUT2D eigenvalue weighted by molar-refractivity contribution is 5.39. The van der Waals surface area contributed by atoms with E-state index in [-0.39, 0.29) is 5.82 Å². The van der Waals surface area contributed by atoms with Crippen molar-refractivity contribution >= 4 is 5.82 Å². The van der Waals surface area contributed by atoms with Gasteiger partial charge in [0.05, 0.1) is 17.6 Å². The summed E-state index contributed by atoms with van der Waals surface area (Å²) >= 11 is 0. The first-order valence-electron chi connectivity index (χ1n) is 6.96. The molecule has 0 radical (unpaired) electrons. The molecule has 5 nitrogen and oxygen atoms in total. The number of hydrogen-bond donors (Lipinski definition) is 1. The zero-order valence-corrected chi connectivity index (χ0v) is 12.4. The van der Waals surface area contributed by atoms with Crippen molar-refractivity contribution in [3.63, 3.8) is 0 Å². The summed E-state index contributed by atoms with van der Waals surface area (Å²) in [5.74, 6) is 0.464. The molecule has 112 valence electrons. The molecule has 2 aromatic heterocycles. The maximum Gasteiger partial charge on any atom is 0.144 e. The monoisotopic (exact) mass is 297 g/mol. The molecule has 0 unspecified atom stereocenters. The highest BCUT2D eigenvalue weighted by Crippen LogP contribution is 2.19. The number of hydrogen-bond acceptors (Lipinski definition) is 4. The van der Waals surface area contributed by atoms with Crippen molar-refractivity contribution in [2.24, 2.45) is 0 Å². The molecule has 2 heterocycles. The lowest BCUT2D eigenvalue weighted by molar-refractivity contribution is 0.627. The van der Waals surface area contributed by atoms with Crippen molar-refractivity contribution in [2.45, 2.75) is 20.4 Å². The van der Waals surface area contributed by atoms with E-state index >= 15 is 0 Å². The van der Waals surface area contributed by atoms with Crippen LogP contribution < -0.4 is 5.32 Å². The van der Waals surface area contributed by atoms with Gasteiger partial charge >= 0.3 is 0 Å². The molecule has 0 bridgehead atoms. The number of anilines is 1. The van der Waals surface area contributed by atoms with Crippen molar-refractivity contribution in [2.75, 3.05) is 5.32 Å². The zero-order valence-electron chi connectivity index (χ0n) is 12.4. The van der Waals surface area contributed by atoms with E-state index in [1.54, 1.807) is 30.7 Å². The van der Waals surface area contributed by atoms with Gasteiger partial charge in [-0.05, 0) is 38.1 Å². The number of nitrogens with one attached hydrogen (secondary N) is 1. The Bertz CT molecular complexity index is 765. The lowest BCUT2D eigenvalue weighted by Gasteiger charge is -2.07. The first kappa shape index (κ1) is 14.2. The summed E-state index contributed by atoms with van der Waals surface area (Å²) in [6, 6.07) is 6.30. The molecule has 0 saturated carbocycles. The van der Waals surface area contributed by atoms with E-state index in [4.69, 9.17) is 0 Å². The van der Waals surface area contributed by atoms with E-state index < -0.39 is 0 Å². The van der Waals surface area contributed by atoms with Crippen molar-refractivity contribution in [1.82, 2.24) is 19.7 Å².